The number of halogens is 1. The minimum absolute atomic E-state index is 0.580. The molecule has 0 aliphatic heterocycles. The first-order chi connectivity index (χ1) is 6.27. The fourth-order valence-corrected chi connectivity index (χ4v) is 1.26. The lowest BCUT2D eigenvalue weighted by atomic mass is 10.4. The molecule has 0 aromatic carbocycles. The molecule has 0 fully saturated rings. The van der Waals surface area contributed by atoms with E-state index < -0.39 is 0 Å². The maximum atomic E-state index is 5.42. The molecule has 13 heavy (non-hydrogen) atoms. The highest BCUT2D eigenvalue weighted by molar-refractivity contribution is 14.1. The van der Waals surface area contributed by atoms with Crippen LogP contribution >= 0.6 is 22.6 Å². The van der Waals surface area contributed by atoms with Crippen LogP contribution in [0.15, 0.2) is 12.1 Å². The highest BCUT2D eigenvalue weighted by Gasteiger charge is 2.05. The van der Waals surface area contributed by atoms with E-state index in [1.54, 1.807) is 7.11 Å². The molecule has 0 aliphatic rings. The van der Waals surface area contributed by atoms with Gasteiger partial charge in [0, 0.05) is 0 Å². The summed E-state index contributed by atoms with van der Waals surface area (Å²) >= 11 is 2.14. The summed E-state index contributed by atoms with van der Waals surface area (Å²) in [4.78, 5) is 4.22. The third kappa shape index (κ3) is 3.02. The summed E-state index contributed by atoms with van der Waals surface area (Å²) in [6, 6.07) is 3.75. The Labute approximate surface area is 91.6 Å². The molecular weight excluding hydrogens is 281 g/mol. The molecule has 1 heterocycles. The van der Waals surface area contributed by atoms with Gasteiger partial charge in [-0.1, -0.05) is 6.92 Å². The molecule has 0 N–H and O–H groups in total. The lowest BCUT2D eigenvalue weighted by molar-refractivity contribution is 0.282. The molecule has 3 nitrogen and oxygen atoms in total. The minimum atomic E-state index is 0.580. The van der Waals surface area contributed by atoms with Crippen LogP contribution in [0, 0.1) is 3.70 Å². The van der Waals surface area contributed by atoms with Crippen molar-refractivity contribution >= 4 is 22.6 Å². The number of pyridine rings is 1. The zero-order valence-corrected chi connectivity index (χ0v) is 9.87. The van der Waals surface area contributed by atoms with Crippen LogP contribution in [0.4, 0.5) is 0 Å². The number of rotatable bonds is 4. The van der Waals surface area contributed by atoms with Gasteiger partial charge in [-0.25, -0.2) is 4.98 Å². The quantitative estimate of drug-likeness (QED) is 0.631. The maximum absolute atomic E-state index is 5.42. The van der Waals surface area contributed by atoms with Crippen molar-refractivity contribution in [2.45, 2.75) is 13.3 Å². The summed E-state index contributed by atoms with van der Waals surface area (Å²) in [7, 11) is 1.61. The highest BCUT2D eigenvalue weighted by Crippen LogP contribution is 2.24. The lowest BCUT2D eigenvalue weighted by Crippen LogP contribution is -2.00. The van der Waals surface area contributed by atoms with E-state index in [9.17, 15) is 0 Å². The second-order valence-corrected chi connectivity index (χ2v) is 3.60. The summed E-state index contributed by atoms with van der Waals surface area (Å²) in [6.07, 6.45) is 0.969. The van der Waals surface area contributed by atoms with E-state index in [1.807, 2.05) is 12.1 Å². The predicted octanol–water partition coefficient (Wildman–Crippen LogP) is 2.48. The Balaban J connectivity index is 2.81. The van der Waals surface area contributed by atoms with Crippen LogP contribution in [0.25, 0.3) is 0 Å². The largest absolute Gasteiger partial charge is 0.491 e. The van der Waals surface area contributed by atoms with Gasteiger partial charge in [0.25, 0.3) is 5.88 Å². The van der Waals surface area contributed by atoms with Crippen LogP contribution in [0.2, 0.25) is 0 Å². The molecule has 0 radical (unpaired) electrons. The smallest absolute Gasteiger partial charge is 0.258 e. The Hall–Kier alpha value is -0.520. The molecule has 72 valence electrons. The number of methoxy groups -OCH3 is 1. The molecule has 0 atom stereocenters. The second kappa shape index (κ2) is 5.26. The molecule has 0 bridgehead atoms. The number of nitrogens with zero attached hydrogens (tertiary/aromatic N) is 1. The van der Waals surface area contributed by atoms with Crippen molar-refractivity contribution in [1.29, 1.82) is 0 Å². The molecule has 0 aliphatic carbocycles. The van der Waals surface area contributed by atoms with Gasteiger partial charge in [0.1, 0.15) is 3.70 Å². The van der Waals surface area contributed by atoms with Crippen LogP contribution in [-0.2, 0) is 0 Å². The van der Waals surface area contributed by atoms with Crippen molar-refractivity contribution in [3.05, 3.63) is 15.8 Å². The summed E-state index contributed by atoms with van der Waals surface area (Å²) < 4.78 is 11.4. The Morgan fingerprint density at radius 1 is 1.46 bits per heavy atom. The summed E-state index contributed by atoms with van der Waals surface area (Å²) in [5, 5.41) is 0. The first-order valence-electron chi connectivity index (χ1n) is 4.11. The van der Waals surface area contributed by atoms with Crippen LogP contribution < -0.4 is 9.47 Å². The van der Waals surface area contributed by atoms with Gasteiger partial charge in [-0.2, -0.15) is 0 Å². The fraction of sp³-hybridized carbons (Fsp3) is 0.444. The molecule has 1 aromatic rings. The molecule has 0 saturated carbocycles. The summed E-state index contributed by atoms with van der Waals surface area (Å²) in [5.41, 5.74) is 0. The predicted molar refractivity (Wildman–Crippen MR) is 59.3 cm³/mol. The Bertz CT molecular complexity index is 278. The van der Waals surface area contributed by atoms with Crippen molar-refractivity contribution in [3.63, 3.8) is 0 Å². The third-order valence-corrected chi connectivity index (χ3v) is 2.05. The van der Waals surface area contributed by atoms with E-state index in [0.29, 0.717) is 18.2 Å². The Morgan fingerprint density at radius 2 is 2.23 bits per heavy atom. The van der Waals surface area contributed by atoms with Gasteiger partial charge < -0.3 is 9.47 Å². The average Bonchev–Trinajstić information content (AvgIpc) is 2.15. The molecule has 1 aromatic heterocycles. The number of hydrogen-bond donors (Lipinski definition) is 0. The Kier molecular flexibility index (Phi) is 4.27. The molecular formula is C9H12INO2. The van der Waals surface area contributed by atoms with Crippen molar-refractivity contribution in [2.75, 3.05) is 13.7 Å². The van der Waals surface area contributed by atoms with Crippen LogP contribution in [0.5, 0.6) is 11.6 Å². The molecule has 0 unspecified atom stereocenters. The van der Waals surface area contributed by atoms with E-state index in [0.717, 1.165) is 10.1 Å². The van der Waals surface area contributed by atoms with E-state index in [1.165, 1.54) is 0 Å². The monoisotopic (exact) mass is 293 g/mol. The lowest BCUT2D eigenvalue weighted by Gasteiger charge is -2.08. The fourth-order valence-electron chi connectivity index (χ4n) is 0.863. The van der Waals surface area contributed by atoms with Gasteiger partial charge in [-0.05, 0) is 41.1 Å². The van der Waals surface area contributed by atoms with E-state index in [4.69, 9.17) is 9.47 Å². The number of hydrogen-bond acceptors (Lipinski definition) is 3. The van der Waals surface area contributed by atoms with E-state index >= 15 is 0 Å². The van der Waals surface area contributed by atoms with Gasteiger partial charge in [0.05, 0.1) is 13.7 Å². The van der Waals surface area contributed by atoms with E-state index in [-0.39, 0.29) is 0 Å². The Morgan fingerprint density at radius 3 is 2.85 bits per heavy atom. The van der Waals surface area contributed by atoms with Crippen LogP contribution in [0.1, 0.15) is 13.3 Å². The molecule has 0 saturated heterocycles. The molecule has 4 heteroatoms. The van der Waals surface area contributed by atoms with Gasteiger partial charge in [-0.15, -0.1) is 0 Å². The van der Waals surface area contributed by atoms with Gasteiger partial charge in [0.2, 0.25) is 0 Å². The van der Waals surface area contributed by atoms with E-state index in [2.05, 4.69) is 34.5 Å². The third-order valence-electron chi connectivity index (χ3n) is 1.45. The standard InChI is InChI=1S/C9H12INO2/c1-3-6-13-9-7(12-2)4-5-8(10)11-9/h4-5H,3,6H2,1-2H3. The highest BCUT2D eigenvalue weighted by atomic mass is 127. The molecule has 1 rings (SSSR count). The minimum Gasteiger partial charge on any atom is -0.491 e. The SMILES string of the molecule is CCCOc1nc(I)ccc1OC. The number of ether oxygens (including phenoxy) is 2. The zero-order valence-electron chi connectivity index (χ0n) is 7.71. The molecule has 0 spiro atoms. The van der Waals surface area contributed by atoms with Crippen molar-refractivity contribution in [1.82, 2.24) is 4.98 Å². The van der Waals surface area contributed by atoms with Gasteiger partial charge in [0.15, 0.2) is 5.75 Å². The summed E-state index contributed by atoms with van der Waals surface area (Å²) in [5.74, 6) is 1.27. The van der Waals surface area contributed by atoms with Crippen molar-refractivity contribution < 1.29 is 9.47 Å². The first kappa shape index (κ1) is 10.6. The van der Waals surface area contributed by atoms with Crippen molar-refractivity contribution in [2.24, 2.45) is 0 Å². The van der Waals surface area contributed by atoms with Gasteiger partial charge >= 0.3 is 0 Å². The summed E-state index contributed by atoms with van der Waals surface area (Å²) in [6.45, 7) is 2.73. The van der Waals surface area contributed by atoms with Gasteiger partial charge in [-0.3, -0.25) is 0 Å². The normalized spacial score (nSPS) is 9.77. The van der Waals surface area contributed by atoms with Crippen molar-refractivity contribution in [3.8, 4) is 11.6 Å². The average molecular weight is 293 g/mol. The molecule has 0 amide bonds. The zero-order chi connectivity index (χ0) is 9.68. The van der Waals surface area contributed by atoms with Crippen LogP contribution in [-0.4, -0.2) is 18.7 Å². The maximum Gasteiger partial charge on any atom is 0.258 e. The number of aromatic nitrogens is 1. The van der Waals surface area contributed by atoms with Crippen LogP contribution in [0.3, 0.4) is 0 Å². The second-order valence-electron chi connectivity index (χ2n) is 2.49. The topological polar surface area (TPSA) is 31.4 Å². The first-order valence-corrected chi connectivity index (χ1v) is 5.19.